The number of anilines is 1. The zero-order valence-electron chi connectivity index (χ0n) is 30.5. The minimum Gasteiger partial charge on any atom is -0.444 e. The summed E-state index contributed by atoms with van der Waals surface area (Å²) in [4.78, 5) is 24.0. The van der Waals surface area contributed by atoms with Crippen LogP contribution in [0, 0.1) is 12.7 Å². The number of fused-ring (bicyclic) bond motifs is 4. The van der Waals surface area contributed by atoms with Crippen molar-refractivity contribution in [3.05, 3.63) is 46.0 Å². The fraction of sp³-hybridized carbons (Fsp3) is 0.526. The highest BCUT2D eigenvalue weighted by Crippen LogP contribution is 2.46. The van der Waals surface area contributed by atoms with Gasteiger partial charge in [0.25, 0.3) is 0 Å². The molecule has 0 N–H and O–H groups in total. The predicted molar refractivity (Wildman–Crippen MR) is 203 cm³/mol. The minimum absolute atomic E-state index is 0.0234. The third kappa shape index (κ3) is 6.05. The molecule has 3 aliphatic rings. The third-order valence-electron chi connectivity index (χ3n) is 10.8. The Bertz CT molecular complexity index is 2190. The maximum atomic E-state index is 17.5. The zero-order valence-corrected chi connectivity index (χ0v) is 32.1. The van der Waals surface area contributed by atoms with Crippen LogP contribution in [0.15, 0.2) is 24.5 Å². The van der Waals surface area contributed by atoms with Crippen LogP contribution >= 0.6 is 23.2 Å². The van der Waals surface area contributed by atoms with Gasteiger partial charge in [0.1, 0.15) is 16.9 Å². The molecule has 276 valence electrons. The van der Waals surface area contributed by atoms with E-state index >= 15 is 4.39 Å². The molecule has 5 aromatic rings. The summed E-state index contributed by atoms with van der Waals surface area (Å²) in [5, 5.41) is 12.5. The average Bonchev–Trinajstić information content (AvgIpc) is 3.71. The van der Waals surface area contributed by atoms with Crippen LogP contribution in [0.1, 0.15) is 70.7 Å². The number of pyridine rings is 1. The van der Waals surface area contributed by atoms with Crippen molar-refractivity contribution in [2.75, 3.05) is 51.8 Å². The summed E-state index contributed by atoms with van der Waals surface area (Å²) in [6.07, 6.45) is 7.30. The summed E-state index contributed by atoms with van der Waals surface area (Å²) in [5.41, 5.74) is 2.75. The molecule has 8 rings (SSSR count). The topological polar surface area (TPSA) is 93.8 Å². The van der Waals surface area contributed by atoms with Crippen LogP contribution in [0.5, 0.6) is 0 Å². The number of ether oxygens (including phenoxy) is 2. The fourth-order valence-corrected chi connectivity index (χ4v) is 8.39. The summed E-state index contributed by atoms with van der Waals surface area (Å²) >= 11 is 14.0. The molecule has 2 aromatic carbocycles. The van der Waals surface area contributed by atoms with Gasteiger partial charge in [-0.3, -0.25) is 4.68 Å². The lowest BCUT2D eigenvalue weighted by molar-refractivity contribution is -0.0366. The highest BCUT2D eigenvalue weighted by atomic mass is 35.5. The number of likely N-dealkylation sites (N-methyl/N-ethyl adjacent to an activating group) is 1. The SMILES string of the molecule is Cc1c(Cl)cc2c(cnn2C2CCCCO2)c1-c1c(Cl)cc2c(nc(N3CC(N(C)C)C3)c3cnn(C4CCN(C(=O)OC(C)(C)C)CC4)c32)c1F. The Hall–Kier alpha value is -3.71. The lowest BCUT2D eigenvalue weighted by atomic mass is 9.94. The van der Waals surface area contributed by atoms with E-state index in [1.807, 2.05) is 55.4 Å². The molecule has 1 atom stereocenters. The standard InChI is InChI=1S/C38H45Cl2FN8O3/c1-21-27(39)16-29-25(17-43-49(29)30-9-7-8-14-51-30)31(21)32-28(40)15-24-34(33(32)41)44-36(47-19-23(20-47)45(5)6)26-18-42-48(35(24)26)22-10-12-46(13-11-22)37(50)52-38(2,3)4/h15-18,22-23,30H,7-14,19-20H2,1-6H3. The molecule has 0 spiro atoms. The number of carbonyl (C=O) groups is 1. The summed E-state index contributed by atoms with van der Waals surface area (Å²) in [5.74, 6) is 0.177. The Labute approximate surface area is 312 Å². The third-order valence-corrected chi connectivity index (χ3v) is 11.5. The number of carbonyl (C=O) groups excluding carboxylic acids is 1. The van der Waals surface area contributed by atoms with Gasteiger partial charge in [0, 0.05) is 65.7 Å². The first-order chi connectivity index (χ1) is 24.8. The largest absolute Gasteiger partial charge is 0.444 e. The highest BCUT2D eigenvalue weighted by Gasteiger charge is 2.35. The molecular weight excluding hydrogens is 706 g/mol. The van der Waals surface area contributed by atoms with E-state index in [0.29, 0.717) is 65.9 Å². The molecule has 1 amide bonds. The molecule has 52 heavy (non-hydrogen) atoms. The van der Waals surface area contributed by atoms with E-state index in [0.717, 1.165) is 54.2 Å². The molecule has 3 aromatic heterocycles. The van der Waals surface area contributed by atoms with Gasteiger partial charge in [-0.2, -0.15) is 10.2 Å². The number of piperidine rings is 1. The summed E-state index contributed by atoms with van der Waals surface area (Å²) in [7, 11) is 4.13. The van der Waals surface area contributed by atoms with Crippen molar-refractivity contribution in [2.24, 2.45) is 0 Å². The molecule has 3 saturated heterocycles. The second kappa shape index (κ2) is 13.3. The maximum Gasteiger partial charge on any atom is 0.410 e. The predicted octanol–water partition coefficient (Wildman–Crippen LogP) is 8.38. The summed E-state index contributed by atoms with van der Waals surface area (Å²) in [6, 6.07) is 4.04. The molecule has 0 radical (unpaired) electrons. The molecule has 3 aliphatic heterocycles. The van der Waals surface area contributed by atoms with Crippen LogP contribution in [-0.4, -0.2) is 99.0 Å². The van der Waals surface area contributed by atoms with Gasteiger partial charge < -0.3 is 24.2 Å². The summed E-state index contributed by atoms with van der Waals surface area (Å²) in [6.45, 7) is 10.7. The van der Waals surface area contributed by atoms with Crippen LogP contribution in [-0.2, 0) is 9.47 Å². The number of halogens is 3. The summed E-state index contributed by atoms with van der Waals surface area (Å²) < 4.78 is 33.1. The van der Waals surface area contributed by atoms with E-state index < -0.39 is 11.4 Å². The molecular formula is C38H45Cl2FN8O3. The van der Waals surface area contributed by atoms with E-state index in [-0.39, 0.29) is 34.5 Å². The van der Waals surface area contributed by atoms with E-state index in [2.05, 4.69) is 23.9 Å². The van der Waals surface area contributed by atoms with Crippen molar-refractivity contribution in [3.8, 4) is 11.1 Å². The molecule has 0 bridgehead atoms. The molecule has 1 unspecified atom stereocenters. The number of nitrogens with zero attached hydrogens (tertiary/aromatic N) is 8. The van der Waals surface area contributed by atoms with Crippen LogP contribution in [0.4, 0.5) is 15.0 Å². The van der Waals surface area contributed by atoms with Crippen LogP contribution in [0.2, 0.25) is 10.0 Å². The Morgan fingerprint density at radius 2 is 1.67 bits per heavy atom. The first-order valence-electron chi connectivity index (χ1n) is 18.2. The number of hydrogen-bond donors (Lipinski definition) is 0. The van der Waals surface area contributed by atoms with Gasteiger partial charge in [-0.15, -0.1) is 0 Å². The van der Waals surface area contributed by atoms with Crippen molar-refractivity contribution in [3.63, 3.8) is 0 Å². The monoisotopic (exact) mass is 750 g/mol. The van der Waals surface area contributed by atoms with Gasteiger partial charge in [-0.1, -0.05) is 23.2 Å². The molecule has 0 saturated carbocycles. The molecule has 3 fully saturated rings. The number of hydrogen-bond acceptors (Lipinski definition) is 8. The number of aromatic nitrogens is 5. The molecule has 11 nitrogen and oxygen atoms in total. The Morgan fingerprint density at radius 1 is 0.962 bits per heavy atom. The lowest BCUT2D eigenvalue weighted by Crippen LogP contribution is -2.57. The number of rotatable bonds is 5. The van der Waals surface area contributed by atoms with Crippen LogP contribution in [0.25, 0.3) is 43.8 Å². The lowest BCUT2D eigenvalue weighted by Gasteiger charge is -2.43. The van der Waals surface area contributed by atoms with Crippen molar-refractivity contribution >= 4 is 67.8 Å². The first kappa shape index (κ1) is 35.3. The van der Waals surface area contributed by atoms with Gasteiger partial charge in [0.05, 0.1) is 39.9 Å². The highest BCUT2D eigenvalue weighted by molar-refractivity contribution is 6.36. The average molecular weight is 752 g/mol. The van der Waals surface area contributed by atoms with E-state index in [1.165, 1.54) is 0 Å². The van der Waals surface area contributed by atoms with E-state index in [9.17, 15) is 4.79 Å². The number of benzene rings is 2. The van der Waals surface area contributed by atoms with E-state index in [1.54, 1.807) is 11.1 Å². The maximum absolute atomic E-state index is 17.5. The zero-order chi connectivity index (χ0) is 36.6. The van der Waals surface area contributed by atoms with Gasteiger partial charge in [-0.25, -0.2) is 18.9 Å². The van der Waals surface area contributed by atoms with Gasteiger partial charge in [-0.05, 0) is 91.6 Å². The van der Waals surface area contributed by atoms with Gasteiger partial charge in [0.2, 0.25) is 0 Å². The Balaban J connectivity index is 1.27. The van der Waals surface area contributed by atoms with Crippen molar-refractivity contribution in [1.29, 1.82) is 0 Å². The van der Waals surface area contributed by atoms with Crippen molar-refractivity contribution < 1.29 is 18.7 Å². The van der Waals surface area contributed by atoms with Crippen molar-refractivity contribution in [2.45, 2.75) is 83.7 Å². The molecule has 6 heterocycles. The van der Waals surface area contributed by atoms with Crippen molar-refractivity contribution in [1.82, 2.24) is 34.3 Å². The van der Waals surface area contributed by atoms with Crippen LogP contribution < -0.4 is 4.90 Å². The van der Waals surface area contributed by atoms with E-state index in [4.69, 9.17) is 47.9 Å². The normalized spacial score (nSPS) is 19.4. The second-order valence-electron chi connectivity index (χ2n) is 15.7. The quantitative estimate of drug-likeness (QED) is 0.177. The smallest absolute Gasteiger partial charge is 0.410 e. The van der Waals surface area contributed by atoms with Crippen LogP contribution in [0.3, 0.4) is 0 Å². The second-order valence-corrected chi connectivity index (χ2v) is 16.5. The van der Waals surface area contributed by atoms with Gasteiger partial charge in [0.15, 0.2) is 12.0 Å². The minimum atomic E-state index is -0.571. The Kier molecular flexibility index (Phi) is 9.03. The first-order valence-corrected chi connectivity index (χ1v) is 18.9. The Morgan fingerprint density at radius 3 is 2.35 bits per heavy atom. The fourth-order valence-electron chi connectivity index (χ4n) is 7.91. The van der Waals surface area contributed by atoms with Gasteiger partial charge >= 0.3 is 6.09 Å². The number of amides is 1. The molecule has 14 heteroatoms. The number of likely N-dealkylation sites (tertiary alicyclic amines) is 1. The molecule has 0 aliphatic carbocycles.